The fourth-order valence-electron chi connectivity index (χ4n) is 3.50. The summed E-state index contributed by atoms with van der Waals surface area (Å²) in [5, 5.41) is 3.34. The summed E-state index contributed by atoms with van der Waals surface area (Å²) in [5.41, 5.74) is 1.75. The van der Waals surface area contributed by atoms with Gasteiger partial charge in [-0.3, -0.25) is 4.79 Å². The van der Waals surface area contributed by atoms with E-state index in [1.165, 1.54) is 6.92 Å². The lowest BCUT2D eigenvalue weighted by molar-refractivity contribution is -0.116. The second-order valence-electron chi connectivity index (χ2n) is 6.61. The number of nitrogens with zero attached hydrogens (tertiary/aromatic N) is 1. The first-order valence-corrected chi connectivity index (χ1v) is 10.1. The molecule has 140 valence electrons. The van der Waals surface area contributed by atoms with E-state index in [0.29, 0.717) is 19.0 Å². The molecule has 2 aliphatic rings. The number of benzene rings is 1. The van der Waals surface area contributed by atoms with Crippen LogP contribution in [0.2, 0.25) is 0 Å². The minimum absolute atomic E-state index is 0. The van der Waals surface area contributed by atoms with Crippen LogP contribution in [0, 0.1) is 5.92 Å². The molecule has 1 saturated heterocycles. The second-order valence-corrected chi connectivity index (χ2v) is 8.38. The van der Waals surface area contributed by atoms with Crippen molar-refractivity contribution in [3.8, 4) is 0 Å². The molecule has 1 fully saturated rings. The molecule has 3 rings (SSSR count). The van der Waals surface area contributed by atoms with Gasteiger partial charge in [-0.15, -0.1) is 12.4 Å². The van der Waals surface area contributed by atoms with Gasteiger partial charge in [-0.25, -0.2) is 13.1 Å². The van der Waals surface area contributed by atoms with Gasteiger partial charge in [-0.2, -0.15) is 0 Å². The Morgan fingerprint density at radius 1 is 1.40 bits per heavy atom. The van der Waals surface area contributed by atoms with Crippen molar-refractivity contribution in [2.45, 2.75) is 37.5 Å². The zero-order valence-electron chi connectivity index (χ0n) is 14.5. The van der Waals surface area contributed by atoms with E-state index in [9.17, 15) is 13.2 Å². The number of sulfonamides is 1. The summed E-state index contributed by atoms with van der Waals surface area (Å²) in [4.78, 5) is 13.5. The van der Waals surface area contributed by atoms with Gasteiger partial charge in [0.1, 0.15) is 0 Å². The van der Waals surface area contributed by atoms with Crippen LogP contribution in [-0.4, -0.2) is 40.5 Å². The largest absolute Gasteiger partial charge is 0.316 e. The number of hydrogen-bond acceptors (Lipinski definition) is 4. The highest BCUT2D eigenvalue weighted by molar-refractivity contribution is 7.89. The first-order chi connectivity index (χ1) is 11.5. The molecule has 0 aliphatic carbocycles. The molecule has 1 aromatic rings. The van der Waals surface area contributed by atoms with E-state index in [-0.39, 0.29) is 23.2 Å². The van der Waals surface area contributed by atoms with E-state index in [4.69, 9.17) is 0 Å². The van der Waals surface area contributed by atoms with Gasteiger partial charge in [0, 0.05) is 25.7 Å². The summed E-state index contributed by atoms with van der Waals surface area (Å²) in [5.74, 6) is 0.482. The van der Waals surface area contributed by atoms with E-state index >= 15 is 0 Å². The number of anilines is 1. The van der Waals surface area contributed by atoms with E-state index < -0.39 is 10.0 Å². The number of amides is 1. The average molecular weight is 388 g/mol. The minimum atomic E-state index is -3.54. The standard InChI is InChI=1S/C17H25N3O3S.ClH/c1-13(21)20-10-7-15-4-5-16(11-17(15)20)24(22,23)19-9-6-14-3-2-8-18-12-14;/h4-5,11,14,18-19H,2-3,6-10,12H2,1H3;1H. The topological polar surface area (TPSA) is 78.5 Å². The molecule has 0 spiro atoms. The Kier molecular flexibility index (Phi) is 6.85. The van der Waals surface area contributed by atoms with Gasteiger partial charge in [-0.05, 0) is 62.4 Å². The molecule has 8 heteroatoms. The molecule has 2 heterocycles. The van der Waals surface area contributed by atoms with Crippen LogP contribution in [0.15, 0.2) is 23.1 Å². The molecule has 1 aromatic carbocycles. The van der Waals surface area contributed by atoms with Crippen LogP contribution in [0.3, 0.4) is 0 Å². The second kappa shape index (κ2) is 8.49. The van der Waals surface area contributed by atoms with Crippen molar-refractivity contribution in [2.24, 2.45) is 5.92 Å². The SMILES string of the molecule is CC(=O)N1CCc2ccc(S(=O)(=O)NCCC3CCCNC3)cc21.Cl. The normalized spacial score (nSPS) is 20.0. The summed E-state index contributed by atoms with van der Waals surface area (Å²) in [7, 11) is -3.54. The highest BCUT2D eigenvalue weighted by atomic mass is 35.5. The molecule has 0 saturated carbocycles. The molecule has 6 nitrogen and oxygen atoms in total. The fraction of sp³-hybridized carbons (Fsp3) is 0.588. The van der Waals surface area contributed by atoms with Crippen molar-refractivity contribution >= 4 is 34.0 Å². The van der Waals surface area contributed by atoms with Crippen LogP contribution in [0.5, 0.6) is 0 Å². The minimum Gasteiger partial charge on any atom is -0.316 e. The van der Waals surface area contributed by atoms with Crippen molar-refractivity contribution < 1.29 is 13.2 Å². The number of halogens is 1. The Labute approximate surface area is 155 Å². The zero-order valence-corrected chi connectivity index (χ0v) is 16.1. The van der Waals surface area contributed by atoms with Gasteiger partial charge in [0.05, 0.1) is 4.90 Å². The maximum absolute atomic E-state index is 12.5. The number of piperidine rings is 1. The Balaban J connectivity index is 0.00000225. The number of carbonyl (C=O) groups excluding carboxylic acids is 1. The molecular formula is C17H26ClN3O3S. The Morgan fingerprint density at radius 2 is 2.20 bits per heavy atom. The Hall–Kier alpha value is -1.15. The lowest BCUT2D eigenvalue weighted by atomic mass is 9.96. The van der Waals surface area contributed by atoms with Crippen LogP contribution in [0.25, 0.3) is 0 Å². The molecule has 0 aromatic heterocycles. The Morgan fingerprint density at radius 3 is 2.88 bits per heavy atom. The van der Waals surface area contributed by atoms with Crippen LogP contribution in [0.1, 0.15) is 31.7 Å². The fourth-order valence-corrected chi connectivity index (χ4v) is 4.57. The van der Waals surface area contributed by atoms with Crippen LogP contribution in [0.4, 0.5) is 5.69 Å². The maximum atomic E-state index is 12.5. The molecule has 0 bridgehead atoms. The van der Waals surface area contributed by atoms with E-state index in [2.05, 4.69) is 10.0 Å². The molecule has 2 N–H and O–H groups in total. The monoisotopic (exact) mass is 387 g/mol. The summed E-state index contributed by atoms with van der Waals surface area (Å²) in [6, 6.07) is 5.07. The van der Waals surface area contributed by atoms with Crippen molar-refractivity contribution in [3.05, 3.63) is 23.8 Å². The smallest absolute Gasteiger partial charge is 0.240 e. The Bertz CT molecular complexity index is 718. The average Bonchev–Trinajstić information content (AvgIpc) is 2.99. The predicted molar refractivity (Wildman–Crippen MR) is 101 cm³/mol. The highest BCUT2D eigenvalue weighted by Crippen LogP contribution is 2.30. The van der Waals surface area contributed by atoms with E-state index in [0.717, 1.165) is 50.0 Å². The van der Waals surface area contributed by atoms with Crippen LogP contribution in [-0.2, 0) is 21.2 Å². The summed E-state index contributed by atoms with van der Waals surface area (Å²) >= 11 is 0. The van der Waals surface area contributed by atoms with Gasteiger partial charge < -0.3 is 10.2 Å². The number of carbonyl (C=O) groups is 1. The third-order valence-electron chi connectivity index (χ3n) is 4.89. The van der Waals surface area contributed by atoms with E-state index in [1.807, 2.05) is 6.07 Å². The molecule has 1 amide bonds. The van der Waals surface area contributed by atoms with Gasteiger partial charge >= 0.3 is 0 Å². The third-order valence-corrected chi connectivity index (χ3v) is 6.35. The number of nitrogens with one attached hydrogen (secondary N) is 2. The lowest BCUT2D eigenvalue weighted by Crippen LogP contribution is -2.33. The number of rotatable bonds is 5. The van der Waals surface area contributed by atoms with Gasteiger partial charge in [0.2, 0.25) is 15.9 Å². The van der Waals surface area contributed by atoms with Gasteiger partial charge in [-0.1, -0.05) is 6.07 Å². The molecule has 1 atom stereocenters. The summed E-state index contributed by atoms with van der Waals surface area (Å²) in [6.45, 7) is 4.60. The van der Waals surface area contributed by atoms with Crippen molar-refractivity contribution in [2.75, 3.05) is 31.1 Å². The third kappa shape index (κ3) is 4.73. The van der Waals surface area contributed by atoms with Crippen LogP contribution < -0.4 is 14.9 Å². The van der Waals surface area contributed by atoms with Crippen molar-refractivity contribution in [3.63, 3.8) is 0 Å². The number of hydrogen-bond donors (Lipinski definition) is 2. The van der Waals surface area contributed by atoms with Crippen molar-refractivity contribution in [1.29, 1.82) is 0 Å². The zero-order chi connectivity index (χ0) is 17.2. The first kappa shape index (κ1) is 20.2. The maximum Gasteiger partial charge on any atom is 0.240 e. The predicted octanol–water partition coefficient (Wildman–Crippen LogP) is 1.69. The molecule has 0 radical (unpaired) electrons. The van der Waals surface area contributed by atoms with Gasteiger partial charge in [0.25, 0.3) is 0 Å². The molecule has 25 heavy (non-hydrogen) atoms. The molecule has 2 aliphatic heterocycles. The quantitative estimate of drug-likeness (QED) is 0.805. The number of fused-ring (bicyclic) bond motifs is 1. The van der Waals surface area contributed by atoms with Crippen LogP contribution >= 0.6 is 12.4 Å². The lowest BCUT2D eigenvalue weighted by Gasteiger charge is -2.22. The molecular weight excluding hydrogens is 362 g/mol. The van der Waals surface area contributed by atoms with E-state index in [1.54, 1.807) is 17.0 Å². The molecule has 1 unspecified atom stereocenters. The van der Waals surface area contributed by atoms with Crippen molar-refractivity contribution in [1.82, 2.24) is 10.0 Å². The highest BCUT2D eigenvalue weighted by Gasteiger charge is 2.25. The van der Waals surface area contributed by atoms with Gasteiger partial charge in [0.15, 0.2) is 0 Å². The summed E-state index contributed by atoms with van der Waals surface area (Å²) in [6.07, 6.45) is 3.93. The summed E-state index contributed by atoms with van der Waals surface area (Å²) < 4.78 is 27.7. The first-order valence-electron chi connectivity index (χ1n) is 8.59.